The summed E-state index contributed by atoms with van der Waals surface area (Å²) in [5.41, 5.74) is 2.02. The van der Waals surface area contributed by atoms with Gasteiger partial charge in [-0.05, 0) is 48.9 Å². The van der Waals surface area contributed by atoms with Gasteiger partial charge >= 0.3 is 0 Å². The van der Waals surface area contributed by atoms with Gasteiger partial charge in [-0.15, -0.1) is 0 Å². The maximum absolute atomic E-state index is 13.1. The second kappa shape index (κ2) is 9.02. The molecule has 0 spiro atoms. The molecule has 0 atom stereocenters. The number of aromatic nitrogens is 2. The van der Waals surface area contributed by atoms with Crippen LogP contribution in [0.2, 0.25) is 5.02 Å². The number of pyridine rings is 1. The first-order valence-corrected chi connectivity index (χ1v) is 11.7. The summed E-state index contributed by atoms with van der Waals surface area (Å²) < 4.78 is 31.6. The van der Waals surface area contributed by atoms with E-state index in [2.05, 4.69) is 15.3 Å². The van der Waals surface area contributed by atoms with E-state index in [9.17, 15) is 13.2 Å². The number of H-pyrrole nitrogens is 1. The minimum atomic E-state index is -3.80. The van der Waals surface area contributed by atoms with Crippen LogP contribution in [0, 0.1) is 0 Å². The molecule has 0 saturated carbocycles. The molecule has 0 bridgehead atoms. The number of rotatable bonds is 7. The van der Waals surface area contributed by atoms with Crippen molar-refractivity contribution in [3.05, 3.63) is 83.3 Å². The van der Waals surface area contributed by atoms with Crippen LogP contribution >= 0.6 is 11.6 Å². The van der Waals surface area contributed by atoms with Crippen molar-refractivity contribution < 1.29 is 17.9 Å². The SMILES string of the molecule is CCOc1cc(Cl)ccc1S(=O)(=O)c1ccc(CNC(=O)c2cc3cnccc3[nH]2)cc1. The number of ether oxygens (including phenoxy) is 1. The summed E-state index contributed by atoms with van der Waals surface area (Å²) in [5, 5.41) is 4.06. The second-order valence-corrected chi connectivity index (χ2v) is 9.35. The molecule has 0 unspecified atom stereocenters. The molecule has 0 aliphatic rings. The van der Waals surface area contributed by atoms with Crippen LogP contribution in [0.3, 0.4) is 0 Å². The lowest BCUT2D eigenvalue weighted by Gasteiger charge is -2.12. The second-order valence-electron chi connectivity index (χ2n) is 7.00. The van der Waals surface area contributed by atoms with E-state index in [0.717, 1.165) is 16.5 Å². The van der Waals surface area contributed by atoms with Crippen LogP contribution in [-0.4, -0.2) is 30.9 Å². The Bertz CT molecular complexity index is 1350. The van der Waals surface area contributed by atoms with Gasteiger partial charge in [0.15, 0.2) is 0 Å². The number of hydrogen-bond acceptors (Lipinski definition) is 5. The summed E-state index contributed by atoms with van der Waals surface area (Å²) in [5.74, 6) is -0.0507. The number of nitrogens with zero attached hydrogens (tertiary/aromatic N) is 1. The number of halogens is 1. The molecule has 7 nitrogen and oxygen atoms in total. The topological polar surface area (TPSA) is 101 Å². The van der Waals surface area contributed by atoms with Gasteiger partial charge in [0, 0.05) is 40.9 Å². The summed E-state index contributed by atoms with van der Waals surface area (Å²) in [4.78, 5) is 19.7. The normalized spacial score (nSPS) is 11.4. The number of amides is 1. The molecule has 2 heterocycles. The molecular weight excluding hydrogens is 450 g/mol. The fourth-order valence-corrected chi connectivity index (χ4v) is 4.80. The lowest BCUT2D eigenvalue weighted by molar-refractivity contribution is 0.0946. The van der Waals surface area contributed by atoms with Crippen LogP contribution in [0.4, 0.5) is 0 Å². The Morgan fingerprint density at radius 2 is 1.91 bits per heavy atom. The van der Waals surface area contributed by atoms with Gasteiger partial charge in [-0.25, -0.2) is 8.42 Å². The molecule has 2 aromatic carbocycles. The van der Waals surface area contributed by atoms with Gasteiger partial charge in [0.1, 0.15) is 16.3 Å². The Hall–Kier alpha value is -3.36. The summed E-state index contributed by atoms with van der Waals surface area (Å²) in [6.45, 7) is 2.33. The van der Waals surface area contributed by atoms with Crippen LogP contribution in [0.1, 0.15) is 23.0 Å². The number of hydrogen-bond donors (Lipinski definition) is 2. The van der Waals surface area contributed by atoms with E-state index in [1.54, 1.807) is 43.6 Å². The van der Waals surface area contributed by atoms with Gasteiger partial charge in [-0.2, -0.15) is 0 Å². The highest BCUT2D eigenvalue weighted by Crippen LogP contribution is 2.32. The third kappa shape index (κ3) is 4.46. The summed E-state index contributed by atoms with van der Waals surface area (Å²) in [7, 11) is -3.80. The van der Waals surface area contributed by atoms with E-state index in [1.165, 1.54) is 30.3 Å². The van der Waals surface area contributed by atoms with Crippen LogP contribution < -0.4 is 10.1 Å². The molecule has 2 aromatic heterocycles. The fraction of sp³-hybridized carbons (Fsp3) is 0.130. The van der Waals surface area contributed by atoms with E-state index in [0.29, 0.717) is 17.3 Å². The van der Waals surface area contributed by atoms with E-state index in [1.807, 2.05) is 0 Å². The number of carbonyl (C=O) groups is 1. The maximum atomic E-state index is 13.1. The highest BCUT2D eigenvalue weighted by Gasteiger charge is 2.22. The van der Waals surface area contributed by atoms with Crippen molar-refractivity contribution in [1.82, 2.24) is 15.3 Å². The number of carbonyl (C=O) groups excluding carboxylic acids is 1. The lowest BCUT2D eigenvalue weighted by Crippen LogP contribution is -2.23. The molecule has 0 saturated heterocycles. The van der Waals surface area contributed by atoms with Gasteiger partial charge in [0.05, 0.1) is 11.5 Å². The third-order valence-electron chi connectivity index (χ3n) is 4.85. The minimum absolute atomic E-state index is 0.0538. The maximum Gasteiger partial charge on any atom is 0.267 e. The minimum Gasteiger partial charge on any atom is -0.492 e. The molecule has 0 aliphatic heterocycles. The molecule has 4 aromatic rings. The zero-order chi connectivity index (χ0) is 22.7. The van der Waals surface area contributed by atoms with Crippen molar-refractivity contribution in [2.75, 3.05) is 6.61 Å². The highest BCUT2D eigenvalue weighted by molar-refractivity contribution is 7.91. The fourth-order valence-electron chi connectivity index (χ4n) is 3.26. The number of aromatic amines is 1. The Balaban J connectivity index is 1.48. The van der Waals surface area contributed by atoms with Crippen molar-refractivity contribution in [2.45, 2.75) is 23.3 Å². The van der Waals surface area contributed by atoms with Crippen molar-refractivity contribution in [1.29, 1.82) is 0 Å². The van der Waals surface area contributed by atoms with Crippen molar-refractivity contribution >= 4 is 38.2 Å². The molecule has 0 fully saturated rings. The van der Waals surface area contributed by atoms with Gasteiger partial charge in [-0.1, -0.05) is 23.7 Å². The third-order valence-corrected chi connectivity index (χ3v) is 6.89. The molecule has 0 radical (unpaired) electrons. The summed E-state index contributed by atoms with van der Waals surface area (Å²) >= 11 is 5.98. The van der Waals surface area contributed by atoms with Crippen molar-refractivity contribution in [3.8, 4) is 5.75 Å². The monoisotopic (exact) mass is 469 g/mol. The standard InChI is InChI=1S/C23H20ClN3O4S/c1-2-31-21-12-17(24)5-8-22(21)32(29,30)18-6-3-15(4-7-18)13-26-23(28)20-11-16-14-25-10-9-19(16)27-20/h3-12,14,27H,2,13H2,1H3,(H,26,28). The number of nitrogens with one attached hydrogen (secondary N) is 2. The van der Waals surface area contributed by atoms with Crippen LogP contribution in [-0.2, 0) is 16.4 Å². The molecule has 0 aliphatic carbocycles. The largest absolute Gasteiger partial charge is 0.492 e. The van der Waals surface area contributed by atoms with E-state index in [-0.39, 0.29) is 28.0 Å². The predicted octanol–water partition coefficient (Wildman–Crippen LogP) is 4.38. The first-order valence-electron chi connectivity index (χ1n) is 9.86. The Labute approximate surface area is 190 Å². The summed E-state index contributed by atoms with van der Waals surface area (Å²) in [6, 6.07) is 14.3. The molecule has 4 rings (SSSR count). The molecule has 164 valence electrons. The Morgan fingerprint density at radius 1 is 1.12 bits per heavy atom. The molecule has 2 N–H and O–H groups in total. The van der Waals surface area contributed by atoms with E-state index >= 15 is 0 Å². The van der Waals surface area contributed by atoms with Gasteiger partial charge < -0.3 is 15.0 Å². The smallest absolute Gasteiger partial charge is 0.267 e. The van der Waals surface area contributed by atoms with E-state index in [4.69, 9.17) is 16.3 Å². The Morgan fingerprint density at radius 3 is 2.62 bits per heavy atom. The lowest BCUT2D eigenvalue weighted by atomic mass is 10.2. The molecule has 1 amide bonds. The zero-order valence-corrected chi connectivity index (χ0v) is 18.7. The average molecular weight is 470 g/mol. The molecule has 32 heavy (non-hydrogen) atoms. The van der Waals surface area contributed by atoms with Crippen LogP contribution in [0.5, 0.6) is 5.75 Å². The Kier molecular flexibility index (Phi) is 6.16. The quantitative estimate of drug-likeness (QED) is 0.418. The van der Waals surface area contributed by atoms with Crippen molar-refractivity contribution in [2.24, 2.45) is 0 Å². The van der Waals surface area contributed by atoms with Gasteiger partial charge in [-0.3, -0.25) is 9.78 Å². The molecule has 9 heteroatoms. The number of benzene rings is 2. The van der Waals surface area contributed by atoms with E-state index < -0.39 is 9.84 Å². The first kappa shape index (κ1) is 21.9. The van der Waals surface area contributed by atoms with Gasteiger partial charge in [0.2, 0.25) is 9.84 Å². The van der Waals surface area contributed by atoms with Crippen LogP contribution in [0.25, 0.3) is 10.9 Å². The van der Waals surface area contributed by atoms with Crippen LogP contribution in [0.15, 0.2) is 76.8 Å². The van der Waals surface area contributed by atoms with Crippen molar-refractivity contribution in [3.63, 3.8) is 0 Å². The number of sulfone groups is 1. The number of fused-ring (bicyclic) bond motifs is 1. The predicted molar refractivity (Wildman–Crippen MR) is 122 cm³/mol. The first-order chi connectivity index (χ1) is 15.4. The zero-order valence-electron chi connectivity index (χ0n) is 17.1. The molecular formula is C23H20ClN3O4S. The van der Waals surface area contributed by atoms with Gasteiger partial charge in [0.25, 0.3) is 5.91 Å². The average Bonchev–Trinajstić information content (AvgIpc) is 3.22. The summed E-state index contributed by atoms with van der Waals surface area (Å²) in [6.07, 6.45) is 3.33. The highest BCUT2D eigenvalue weighted by atomic mass is 35.5.